The SMILES string of the molecule is Nc1nc(-c2ccc[nH]c2=O)nc2c1[nH]c(=O)n2-c1ccccc1C(F)(F)F. The summed E-state index contributed by atoms with van der Waals surface area (Å²) in [5, 5.41) is 0. The van der Waals surface area contributed by atoms with E-state index in [-0.39, 0.29) is 28.4 Å². The quantitative estimate of drug-likeness (QED) is 0.485. The Morgan fingerprint density at radius 2 is 1.79 bits per heavy atom. The smallest absolute Gasteiger partial charge is 0.382 e. The minimum absolute atomic E-state index is 0.0295. The maximum Gasteiger partial charge on any atom is 0.418 e. The van der Waals surface area contributed by atoms with Gasteiger partial charge in [-0.2, -0.15) is 13.2 Å². The Labute approximate surface area is 153 Å². The normalized spacial score (nSPS) is 11.8. The van der Waals surface area contributed by atoms with E-state index in [1.54, 1.807) is 0 Å². The summed E-state index contributed by atoms with van der Waals surface area (Å²) < 4.78 is 41.0. The third-order valence-corrected chi connectivity index (χ3v) is 4.07. The van der Waals surface area contributed by atoms with E-state index in [0.717, 1.165) is 16.7 Å². The highest BCUT2D eigenvalue weighted by Crippen LogP contribution is 2.34. The molecule has 4 N–H and O–H groups in total. The number of nitrogens with two attached hydrogens (primary N) is 1. The van der Waals surface area contributed by atoms with E-state index in [2.05, 4.69) is 19.9 Å². The molecule has 0 aliphatic carbocycles. The van der Waals surface area contributed by atoms with Crippen LogP contribution in [0.15, 0.2) is 52.2 Å². The van der Waals surface area contributed by atoms with E-state index < -0.39 is 28.7 Å². The fourth-order valence-corrected chi connectivity index (χ4v) is 2.86. The lowest BCUT2D eigenvalue weighted by atomic mass is 10.1. The number of H-pyrrole nitrogens is 2. The van der Waals surface area contributed by atoms with E-state index >= 15 is 0 Å². The molecule has 0 fully saturated rings. The van der Waals surface area contributed by atoms with Crippen LogP contribution in [-0.2, 0) is 6.18 Å². The first kappa shape index (κ1) is 17.5. The summed E-state index contributed by atoms with van der Waals surface area (Å²) in [5.41, 5.74) is 2.89. The third-order valence-electron chi connectivity index (χ3n) is 4.07. The van der Waals surface area contributed by atoms with Crippen LogP contribution in [0.3, 0.4) is 0 Å². The van der Waals surface area contributed by atoms with Crippen LogP contribution < -0.4 is 17.0 Å². The zero-order valence-electron chi connectivity index (χ0n) is 13.9. The summed E-state index contributed by atoms with van der Waals surface area (Å²) in [6.45, 7) is 0. The lowest BCUT2D eigenvalue weighted by Crippen LogP contribution is -2.19. The van der Waals surface area contributed by atoms with Crippen LogP contribution in [0.1, 0.15) is 5.56 Å². The number of pyridine rings is 1. The number of aromatic nitrogens is 5. The van der Waals surface area contributed by atoms with Crippen molar-refractivity contribution < 1.29 is 13.2 Å². The molecule has 142 valence electrons. The Morgan fingerprint density at radius 1 is 1.04 bits per heavy atom. The second kappa shape index (κ2) is 6.08. The van der Waals surface area contributed by atoms with Crippen molar-refractivity contribution in [2.24, 2.45) is 0 Å². The first-order chi connectivity index (χ1) is 13.3. The van der Waals surface area contributed by atoms with E-state index in [4.69, 9.17) is 5.73 Å². The minimum Gasteiger partial charge on any atom is -0.382 e. The van der Waals surface area contributed by atoms with Gasteiger partial charge >= 0.3 is 11.9 Å². The maximum absolute atomic E-state index is 13.4. The van der Waals surface area contributed by atoms with Crippen molar-refractivity contribution in [3.8, 4) is 17.1 Å². The topological polar surface area (TPSA) is 122 Å². The number of aromatic amines is 2. The van der Waals surface area contributed by atoms with Crippen molar-refractivity contribution in [3.63, 3.8) is 0 Å². The molecule has 1 aromatic carbocycles. The number of nitrogens with one attached hydrogen (secondary N) is 2. The average molecular weight is 388 g/mol. The van der Waals surface area contributed by atoms with Gasteiger partial charge in [0.05, 0.1) is 16.8 Å². The molecule has 4 rings (SSSR count). The molecule has 3 aromatic heterocycles. The van der Waals surface area contributed by atoms with Gasteiger partial charge in [0.2, 0.25) is 0 Å². The monoisotopic (exact) mass is 388 g/mol. The van der Waals surface area contributed by atoms with Crippen molar-refractivity contribution in [2.75, 3.05) is 5.73 Å². The molecule has 4 aromatic rings. The van der Waals surface area contributed by atoms with E-state index in [9.17, 15) is 22.8 Å². The van der Waals surface area contributed by atoms with E-state index in [0.29, 0.717) is 0 Å². The molecule has 0 spiro atoms. The number of hydrogen-bond acceptors (Lipinski definition) is 5. The van der Waals surface area contributed by atoms with Crippen LogP contribution in [0.4, 0.5) is 19.0 Å². The highest BCUT2D eigenvalue weighted by molar-refractivity contribution is 5.85. The molecule has 0 aliphatic heterocycles. The van der Waals surface area contributed by atoms with E-state index in [1.807, 2.05) is 0 Å². The summed E-state index contributed by atoms with van der Waals surface area (Å²) in [6, 6.07) is 7.54. The number of rotatable bonds is 2. The number of benzene rings is 1. The second-order valence-electron chi connectivity index (χ2n) is 5.82. The average Bonchev–Trinajstić information content (AvgIpc) is 2.98. The van der Waals surface area contributed by atoms with Crippen molar-refractivity contribution in [3.05, 3.63) is 69.0 Å². The number of halogens is 3. The summed E-state index contributed by atoms with van der Waals surface area (Å²) in [7, 11) is 0. The van der Waals surface area contributed by atoms with Crippen molar-refractivity contribution >= 4 is 17.0 Å². The lowest BCUT2D eigenvalue weighted by Gasteiger charge is -2.13. The molecule has 0 aliphatic rings. The van der Waals surface area contributed by atoms with Crippen LogP contribution in [0.25, 0.3) is 28.2 Å². The predicted octanol–water partition coefficient (Wildman–Crippen LogP) is 2.07. The molecule has 0 saturated heterocycles. The molecular formula is C17H11F3N6O2. The van der Waals surface area contributed by atoms with Crippen molar-refractivity contribution in [1.29, 1.82) is 0 Å². The van der Waals surface area contributed by atoms with Gasteiger partial charge in [-0.1, -0.05) is 12.1 Å². The Kier molecular flexibility index (Phi) is 3.80. The zero-order chi connectivity index (χ0) is 20.1. The van der Waals surface area contributed by atoms with Gasteiger partial charge in [0.25, 0.3) is 5.56 Å². The van der Waals surface area contributed by atoms with Gasteiger partial charge in [0.15, 0.2) is 17.3 Å². The van der Waals surface area contributed by atoms with Crippen LogP contribution in [0.2, 0.25) is 0 Å². The summed E-state index contributed by atoms with van der Waals surface area (Å²) >= 11 is 0. The van der Waals surface area contributed by atoms with Crippen LogP contribution in [0.5, 0.6) is 0 Å². The Hall–Kier alpha value is -3.89. The van der Waals surface area contributed by atoms with Gasteiger partial charge in [-0.15, -0.1) is 0 Å². The number of fused-ring (bicyclic) bond motifs is 1. The van der Waals surface area contributed by atoms with Crippen molar-refractivity contribution in [2.45, 2.75) is 6.18 Å². The molecular weight excluding hydrogens is 377 g/mol. The molecule has 0 radical (unpaired) electrons. The van der Waals surface area contributed by atoms with Crippen LogP contribution in [-0.4, -0.2) is 24.5 Å². The van der Waals surface area contributed by atoms with Gasteiger partial charge in [-0.25, -0.2) is 19.3 Å². The first-order valence-corrected chi connectivity index (χ1v) is 7.90. The minimum atomic E-state index is -4.70. The second-order valence-corrected chi connectivity index (χ2v) is 5.82. The summed E-state index contributed by atoms with van der Waals surface area (Å²) in [6.07, 6.45) is -3.29. The van der Waals surface area contributed by atoms with Crippen molar-refractivity contribution in [1.82, 2.24) is 24.5 Å². The van der Waals surface area contributed by atoms with Crippen LogP contribution >= 0.6 is 0 Å². The van der Waals surface area contributed by atoms with Gasteiger partial charge < -0.3 is 15.7 Å². The molecule has 3 heterocycles. The summed E-state index contributed by atoms with van der Waals surface area (Å²) in [5.74, 6) is -0.298. The van der Waals surface area contributed by atoms with Gasteiger partial charge in [-0.3, -0.25) is 4.79 Å². The number of alkyl halides is 3. The van der Waals surface area contributed by atoms with Gasteiger partial charge in [0.1, 0.15) is 5.52 Å². The highest BCUT2D eigenvalue weighted by Gasteiger charge is 2.34. The van der Waals surface area contributed by atoms with Crippen LogP contribution in [0, 0.1) is 0 Å². The molecule has 11 heteroatoms. The maximum atomic E-state index is 13.4. The number of hydrogen-bond donors (Lipinski definition) is 3. The molecule has 0 atom stereocenters. The molecule has 0 saturated carbocycles. The first-order valence-electron chi connectivity index (χ1n) is 7.90. The van der Waals surface area contributed by atoms with Gasteiger partial charge in [-0.05, 0) is 24.3 Å². The third kappa shape index (κ3) is 2.73. The lowest BCUT2D eigenvalue weighted by molar-refractivity contribution is -0.137. The molecule has 0 bridgehead atoms. The van der Waals surface area contributed by atoms with E-state index in [1.165, 1.54) is 30.5 Å². The van der Waals surface area contributed by atoms with Gasteiger partial charge in [0, 0.05) is 6.20 Å². The number of anilines is 1. The molecule has 28 heavy (non-hydrogen) atoms. The summed E-state index contributed by atoms with van der Waals surface area (Å²) in [4.78, 5) is 37.4. The molecule has 0 amide bonds. The Bertz CT molecular complexity index is 1320. The predicted molar refractivity (Wildman–Crippen MR) is 95.0 cm³/mol. The Balaban J connectivity index is 2.07. The number of nitrogens with zero attached hydrogens (tertiary/aromatic N) is 3. The fraction of sp³-hybridized carbons (Fsp3) is 0.0588. The highest BCUT2D eigenvalue weighted by atomic mass is 19.4. The number of nitrogen functional groups attached to an aromatic ring is 1. The number of para-hydroxylation sites is 1. The molecule has 0 unspecified atom stereocenters. The largest absolute Gasteiger partial charge is 0.418 e. The number of imidazole rings is 1. The Morgan fingerprint density at radius 3 is 2.50 bits per heavy atom. The zero-order valence-corrected chi connectivity index (χ0v) is 13.9. The molecule has 8 nitrogen and oxygen atoms in total. The standard InChI is InChI=1S/C17H11F3N6O2/c18-17(19,20)9-5-1-2-6-10(9)26-14-11(23-16(26)28)12(21)24-13(25-14)8-4-3-7-22-15(8)27/h1-7H,(H,22,27)(H,23,28)(H2,21,24,25). The fourth-order valence-electron chi connectivity index (χ4n) is 2.86.